The van der Waals surface area contributed by atoms with E-state index in [9.17, 15) is 24.9 Å². The molecule has 3 N–H and O–H groups in total. The molecule has 0 aliphatic heterocycles. The first-order chi connectivity index (χ1) is 13.8. The van der Waals surface area contributed by atoms with E-state index in [-0.39, 0.29) is 30.8 Å². The van der Waals surface area contributed by atoms with E-state index in [2.05, 4.69) is 0 Å². The molecule has 0 amide bonds. The van der Waals surface area contributed by atoms with Gasteiger partial charge in [0.25, 0.3) is 0 Å². The van der Waals surface area contributed by atoms with Gasteiger partial charge in [-0.1, -0.05) is 20.8 Å². The molecule has 0 bridgehead atoms. The van der Waals surface area contributed by atoms with Crippen LogP contribution in [0.5, 0.6) is 0 Å². The lowest BCUT2D eigenvalue weighted by atomic mass is 9.70. The molecular weight excluding hydrogens is 388 g/mol. The summed E-state index contributed by atoms with van der Waals surface area (Å²) in [6.45, 7) is 8.23. The van der Waals surface area contributed by atoms with E-state index in [1.54, 1.807) is 0 Å². The van der Waals surface area contributed by atoms with Gasteiger partial charge in [0.05, 0.1) is 12.7 Å². The number of fused-ring (bicyclic) bond motifs is 2. The summed E-state index contributed by atoms with van der Waals surface area (Å²) in [7, 11) is 1.49. The second kappa shape index (κ2) is 7.55. The summed E-state index contributed by atoms with van der Waals surface area (Å²) in [5.74, 6) is -1.77. The Kier molecular flexibility index (Phi) is 5.82. The Hall–Kier alpha value is -1.54. The molecule has 0 aromatic carbocycles. The molecule has 7 nitrogen and oxygen atoms in total. The minimum Gasteiger partial charge on any atom is -0.447 e. The number of carbonyl (C=O) groups is 2. The van der Waals surface area contributed by atoms with Gasteiger partial charge in [-0.3, -0.25) is 9.59 Å². The van der Waals surface area contributed by atoms with Crippen LogP contribution in [0.25, 0.3) is 0 Å². The Morgan fingerprint density at radius 2 is 1.97 bits per heavy atom. The van der Waals surface area contributed by atoms with Crippen LogP contribution in [0.1, 0.15) is 53.9 Å². The fourth-order valence-corrected chi connectivity index (χ4v) is 5.68. The van der Waals surface area contributed by atoms with Gasteiger partial charge in [-0.05, 0) is 61.2 Å². The van der Waals surface area contributed by atoms with Gasteiger partial charge in [0, 0.05) is 19.6 Å². The van der Waals surface area contributed by atoms with Crippen molar-refractivity contribution in [2.75, 3.05) is 13.7 Å². The van der Waals surface area contributed by atoms with Crippen LogP contribution in [-0.2, 0) is 19.1 Å². The molecule has 7 heteroatoms. The maximum Gasteiger partial charge on any atom is 0.303 e. The van der Waals surface area contributed by atoms with Gasteiger partial charge in [0.15, 0.2) is 5.60 Å². The van der Waals surface area contributed by atoms with Gasteiger partial charge in [0.2, 0.25) is 11.4 Å². The highest BCUT2D eigenvalue weighted by molar-refractivity contribution is 6.09. The molecule has 0 saturated heterocycles. The van der Waals surface area contributed by atoms with Crippen LogP contribution in [0.4, 0.5) is 0 Å². The maximum absolute atomic E-state index is 13.5. The lowest BCUT2D eigenvalue weighted by Crippen LogP contribution is -2.57. The molecule has 1 fully saturated rings. The Morgan fingerprint density at radius 1 is 1.33 bits per heavy atom. The molecule has 30 heavy (non-hydrogen) atoms. The maximum atomic E-state index is 13.5. The largest absolute Gasteiger partial charge is 0.447 e. The van der Waals surface area contributed by atoms with Crippen molar-refractivity contribution < 1.29 is 34.4 Å². The third kappa shape index (κ3) is 3.18. The number of aliphatic hydroxyl groups is 3. The summed E-state index contributed by atoms with van der Waals surface area (Å²) in [5.41, 5.74) is -3.89. The fraction of sp³-hybridized carbons (Fsp3) is 0.739. The number of hydrogen-bond acceptors (Lipinski definition) is 7. The first kappa shape index (κ1) is 23.1. The first-order valence-corrected chi connectivity index (χ1v) is 10.6. The number of ketones is 1. The van der Waals surface area contributed by atoms with Crippen molar-refractivity contribution in [2.45, 2.75) is 76.8 Å². The van der Waals surface area contributed by atoms with Gasteiger partial charge in [-0.25, -0.2) is 0 Å². The Labute approximate surface area is 177 Å². The van der Waals surface area contributed by atoms with Gasteiger partial charge < -0.3 is 24.8 Å². The summed E-state index contributed by atoms with van der Waals surface area (Å²) in [4.78, 5) is 25.4. The molecule has 0 radical (unpaired) electrons. The van der Waals surface area contributed by atoms with Gasteiger partial charge in [-0.15, -0.1) is 0 Å². The quantitative estimate of drug-likeness (QED) is 0.467. The van der Waals surface area contributed by atoms with Crippen molar-refractivity contribution in [1.82, 2.24) is 0 Å². The molecule has 1 saturated carbocycles. The number of ether oxygens (including phenoxy) is 2. The number of Topliss-reactive ketones (excluding diaryl/α,β-unsaturated/α-hetero) is 1. The number of hydrogen-bond donors (Lipinski definition) is 3. The molecule has 0 aromatic rings. The monoisotopic (exact) mass is 422 g/mol. The standard InChI is InChI=1S/C23H34O7/c1-12(2)19-16-9-18(25)13(3)15-7-8-22(27,11-29-6)17(15)10-23(16,28)21(5,20(19)26)30-14(4)24/h10,12-13,15,18,25,27-28H,7-9,11H2,1-6H3. The molecule has 0 spiro atoms. The molecule has 6 atom stereocenters. The minimum atomic E-state index is -1.96. The summed E-state index contributed by atoms with van der Waals surface area (Å²) < 4.78 is 10.7. The van der Waals surface area contributed by atoms with Crippen LogP contribution in [0, 0.1) is 17.8 Å². The van der Waals surface area contributed by atoms with E-state index in [1.807, 2.05) is 20.8 Å². The average Bonchev–Trinajstić information content (AvgIpc) is 3.00. The highest BCUT2D eigenvalue weighted by atomic mass is 16.6. The predicted molar refractivity (Wildman–Crippen MR) is 109 cm³/mol. The van der Waals surface area contributed by atoms with E-state index in [4.69, 9.17) is 9.47 Å². The Bertz CT molecular complexity index is 812. The van der Waals surface area contributed by atoms with Gasteiger partial charge in [0.1, 0.15) is 5.60 Å². The average molecular weight is 423 g/mol. The SMILES string of the molecule is COCC1(O)CCC2C1=CC1(O)C(=C(C(C)C)C(=O)C1(C)OC(C)=O)CC(O)C2C. The summed E-state index contributed by atoms with van der Waals surface area (Å²) in [6.07, 6.45) is 1.83. The zero-order valence-electron chi connectivity index (χ0n) is 18.7. The van der Waals surface area contributed by atoms with Gasteiger partial charge >= 0.3 is 5.97 Å². The van der Waals surface area contributed by atoms with Crippen molar-refractivity contribution >= 4 is 11.8 Å². The molecular formula is C23H34O7. The molecule has 0 aromatic heterocycles. The van der Waals surface area contributed by atoms with E-state index < -0.39 is 34.7 Å². The van der Waals surface area contributed by atoms with Crippen LogP contribution < -0.4 is 0 Å². The second-order valence-electron chi connectivity index (χ2n) is 9.61. The number of aliphatic hydroxyl groups excluding tert-OH is 1. The van der Waals surface area contributed by atoms with Crippen molar-refractivity contribution in [1.29, 1.82) is 0 Å². The molecule has 0 heterocycles. The van der Waals surface area contributed by atoms with Gasteiger partial charge in [-0.2, -0.15) is 0 Å². The second-order valence-corrected chi connectivity index (χ2v) is 9.61. The van der Waals surface area contributed by atoms with Crippen molar-refractivity contribution in [3.05, 3.63) is 22.8 Å². The lowest BCUT2D eigenvalue weighted by molar-refractivity contribution is -0.177. The van der Waals surface area contributed by atoms with Crippen LogP contribution >= 0.6 is 0 Å². The van der Waals surface area contributed by atoms with Crippen molar-refractivity contribution in [3.8, 4) is 0 Å². The topological polar surface area (TPSA) is 113 Å². The highest BCUT2D eigenvalue weighted by Crippen LogP contribution is 2.55. The van der Waals surface area contributed by atoms with Crippen molar-refractivity contribution in [2.24, 2.45) is 17.8 Å². The van der Waals surface area contributed by atoms with E-state index >= 15 is 0 Å². The third-order valence-corrected chi connectivity index (χ3v) is 7.32. The molecule has 6 unspecified atom stereocenters. The Morgan fingerprint density at radius 3 is 2.50 bits per heavy atom. The summed E-state index contributed by atoms with van der Waals surface area (Å²) in [5, 5.41) is 34.4. The van der Waals surface area contributed by atoms with E-state index in [0.717, 1.165) is 0 Å². The third-order valence-electron chi connectivity index (χ3n) is 7.32. The van der Waals surface area contributed by atoms with Crippen LogP contribution in [0.3, 0.4) is 0 Å². The molecule has 3 rings (SSSR count). The normalized spacial score (nSPS) is 41.3. The summed E-state index contributed by atoms with van der Waals surface area (Å²) in [6, 6.07) is 0. The smallest absolute Gasteiger partial charge is 0.303 e. The first-order valence-electron chi connectivity index (χ1n) is 10.6. The molecule has 3 aliphatic carbocycles. The molecule has 3 aliphatic rings. The zero-order chi connectivity index (χ0) is 22.6. The predicted octanol–water partition coefficient (Wildman–Crippen LogP) is 1.69. The minimum absolute atomic E-state index is 0.0303. The number of carbonyl (C=O) groups excluding carboxylic acids is 2. The fourth-order valence-electron chi connectivity index (χ4n) is 5.68. The van der Waals surface area contributed by atoms with Crippen LogP contribution in [0.2, 0.25) is 0 Å². The summed E-state index contributed by atoms with van der Waals surface area (Å²) >= 11 is 0. The number of methoxy groups -OCH3 is 1. The Balaban J connectivity index is 2.33. The molecule has 168 valence electrons. The number of esters is 1. The van der Waals surface area contributed by atoms with Crippen LogP contribution in [0.15, 0.2) is 22.8 Å². The lowest BCUT2D eigenvalue weighted by Gasteiger charge is -2.42. The zero-order valence-corrected chi connectivity index (χ0v) is 18.7. The van der Waals surface area contributed by atoms with E-state index in [0.29, 0.717) is 29.6 Å². The van der Waals surface area contributed by atoms with Crippen LogP contribution in [-0.4, -0.2) is 63.7 Å². The highest BCUT2D eigenvalue weighted by Gasteiger charge is 2.65. The van der Waals surface area contributed by atoms with E-state index in [1.165, 1.54) is 27.0 Å². The van der Waals surface area contributed by atoms with Crippen molar-refractivity contribution in [3.63, 3.8) is 0 Å². The number of rotatable bonds is 4.